The summed E-state index contributed by atoms with van der Waals surface area (Å²) in [7, 11) is 0. The number of ketones is 2. The van der Waals surface area contributed by atoms with Gasteiger partial charge in [0.05, 0.1) is 0 Å². The topological polar surface area (TPSA) is 94.8 Å². The van der Waals surface area contributed by atoms with Crippen molar-refractivity contribution in [2.45, 2.75) is 19.4 Å². The summed E-state index contributed by atoms with van der Waals surface area (Å²) in [5.41, 5.74) is 1.68. The van der Waals surface area contributed by atoms with Crippen LogP contribution in [-0.4, -0.2) is 26.9 Å². The minimum Gasteiger partial charge on any atom is -0.508 e. The maximum absolute atomic E-state index is 11.9. The van der Waals surface area contributed by atoms with Gasteiger partial charge >= 0.3 is 0 Å². The molecule has 0 radical (unpaired) electrons. The van der Waals surface area contributed by atoms with Crippen molar-refractivity contribution in [1.82, 2.24) is 0 Å². The molecule has 0 heterocycles. The third kappa shape index (κ3) is 5.79. The predicted octanol–water partition coefficient (Wildman–Crippen LogP) is 4.03. The Bertz CT molecular complexity index is 852. The molecule has 0 spiro atoms. The second kappa shape index (κ2) is 10.0. The minimum absolute atomic E-state index is 0.127. The molecule has 28 heavy (non-hydrogen) atoms. The zero-order valence-electron chi connectivity index (χ0n) is 15.4. The minimum atomic E-state index is -0.948. The average Bonchev–Trinajstić information content (AvgIpc) is 2.74. The molecular weight excluding hydrogens is 356 g/mol. The van der Waals surface area contributed by atoms with Crippen LogP contribution in [0.4, 0.5) is 0 Å². The van der Waals surface area contributed by atoms with E-state index in [1.807, 2.05) is 18.2 Å². The molecule has 0 saturated carbocycles. The van der Waals surface area contributed by atoms with E-state index in [0.29, 0.717) is 23.1 Å². The zero-order valence-corrected chi connectivity index (χ0v) is 15.4. The number of carbonyl (C=O) groups is 2. The van der Waals surface area contributed by atoms with Crippen LogP contribution in [0.1, 0.15) is 40.9 Å². The van der Waals surface area contributed by atoms with E-state index < -0.39 is 6.10 Å². The van der Waals surface area contributed by atoms with Gasteiger partial charge in [-0.1, -0.05) is 37.3 Å². The van der Waals surface area contributed by atoms with Gasteiger partial charge in [0.25, 0.3) is 0 Å². The second-order valence-electron chi connectivity index (χ2n) is 6.06. The van der Waals surface area contributed by atoms with Crippen LogP contribution in [0.2, 0.25) is 0 Å². The van der Waals surface area contributed by atoms with E-state index in [9.17, 15) is 14.7 Å². The molecule has 0 aliphatic carbocycles. The Morgan fingerprint density at radius 3 is 1.57 bits per heavy atom. The number of Topliss-reactive ketones (excluding diaryl/α,β-unsaturated/α-hetero) is 1. The van der Waals surface area contributed by atoms with Crippen molar-refractivity contribution in [2.75, 3.05) is 0 Å². The van der Waals surface area contributed by atoms with Crippen molar-refractivity contribution in [3.05, 3.63) is 95.6 Å². The first-order chi connectivity index (χ1) is 13.4. The van der Waals surface area contributed by atoms with E-state index in [4.69, 9.17) is 10.2 Å². The first kappa shape index (κ1) is 20.9. The van der Waals surface area contributed by atoms with Crippen LogP contribution in [0, 0.1) is 0 Å². The number of hydrogen-bond donors (Lipinski definition) is 3. The summed E-state index contributed by atoms with van der Waals surface area (Å²) in [6, 6.07) is 21.1. The smallest absolute Gasteiger partial charge is 0.193 e. The Morgan fingerprint density at radius 1 is 0.750 bits per heavy atom. The third-order valence-corrected chi connectivity index (χ3v) is 4.03. The highest BCUT2D eigenvalue weighted by Crippen LogP contribution is 2.16. The molecule has 0 amide bonds. The molecule has 0 bridgehead atoms. The summed E-state index contributed by atoms with van der Waals surface area (Å²) in [5.74, 6) is -0.0225. The summed E-state index contributed by atoms with van der Waals surface area (Å²) >= 11 is 0. The van der Waals surface area contributed by atoms with Crippen molar-refractivity contribution < 1.29 is 24.9 Å². The number of phenolic OH excluding ortho intramolecular Hbond substituents is 2. The molecule has 144 valence electrons. The molecule has 3 rings (SSSR count). The molecule has 3 aromatic carbocycles. The summed E-state index contributed by atoms with van der Waals surface area (Å²) in [4.78, 5) is 23.0. The van der Waals surface area contributed by atoms with Crippen molar-refractivity contribution >= 4 is 11.6 Å². The van der Waals surface area contributed by atoms with Gasteiger partial charge in [0.2, 0.25) is 0 Å². The van der Waals surface area contributed by atoms with E-state index >= 15 is 0 Å². The van der Waals surface area contributed by atoms with Gasteiger partial charge in [0.15, 0.2) is 11.6 Å². The van der Waals surface area contributed by atoms with Crippen LogP contribution < -0.4 is 0 Å². The predicted molar refractivity (Wildman–Crippen MR) is 106 cm³/mol. The summed E-state index contributed by atoms with van der Waals surface area (Å²) in [6.07, 6.45) is -0.577. The molecule has 5 nitrogen and oxygen atoms in total. The number of phenols is 2. The third-order valence-electron chi connectivity index (χ3n) is 4.03. The van der Waals surface area contributed by atoms with Crippen molar-refractivity contribution in [3.63, 3.8) is 0 Å². The number of rotatable bonds is 5. The number of aliphatic hydroxyl groups is 1. The van der Waals surface area contributed by atoms with Gasteiger partial charge in [-0.2, -0.15) is 0 Å². The summed E-state index contributed by atoms with van der Waals surface area (Å²) < 4.78 is 0. The van der Waals surface area contributed by atoms with Gasteiger partial charge in [0, 0.05) is 17.5 Å². The van der Waals surface area contributed by atoms with Crippen LogP contribution in [0.25, 0.3) is 0 Å². The number of carbonyl (C=O) groups excluding carboxylic acids is 2. The standard InChI is InChI=1S/C13H10O3.C10H12O2/c14-11-5-1-9(2-6-11)13(16)10-3-7-12(15)8-4-10;1-2-9(11)10(12)8-6-4-3-5-7-8/h1-8,14-15H;3-7,10,12H,2H2,1H3. The Labute approximate surface area is 163 Å². The Kier molecular flexibility index (Phi) is 7.48. The number of benzene rings is 3. The molecule has 1 unspecified atom stereocenters. The normalized spacial score (nSPS) is 11.1. The number of hydrogen-bond acceptors (Lipinski definition) is 5. The second-order valence-corrected chi connectivity index (χ2v) is 6.06. The molecule has 0 aliphatic heterocycles. The Morgan fingerprint density at radius 2 is 1.18 bits per heavy atom. The van der Waals surface area contributed by atoms with Gasteiger partial charge < -0.3 is 15.3 Å². The molecule has 0 aliphatic rings. The molecule has 3 N–H and O–H groups in total. The van der Waals surface area contributed by atoms with Crippen molar-refractivity contribution in [2.24, 2.45) is 0 Å². The fourth-order valence-electron chi connectivity index (χ4n) is 2.41. The molecule has 0 saturated heterocycles. The van der Waals surface area contributed by atoms with Crippen LogP contribution in [0.5, 0.6) is 11.5 Å². The molecule has 1 atom stereocenters. The monoisotopic (exact) mass is 378 g/mol. The largest absolute Gasteiger partial charge is 0.508 e. The van der Waals surface area contributed by atoms with E-state index in [1.165, 1.54) is 24.3 Å². The highest BCUT2D eigenvalue weighted by atomic mass is 16.3. The van der Waals surface area contributed by atoms with Gasteiger partial charge in [-0.05, 0) is 54.1 Å². The molecule has 0 aromatic heterocycles. The lowest BCUT2D eigenvalue weighted by atomic mass is 10.0. The van der Waals surface area contributed by atoms with Gasteiger partial charge in [-0.15, -0.1) is 0 Å². The molecule has 3 aromatic rings. The maximum atomic E-state index is 11.9. The maximum Gasteiger partial charge on any atom is 0.193 e. The number of aliphatic hydroxyl groups excluding tert-OH is 1. The molecule has 5 heteroatoms. The lowest BCUT2D eigenvalue weighted by Crippen LogP contribution is -2.09. The lowest BCUT2D eigenvalue weighted by Gasteiger charge is -2.07. The Balaban J connectivity index is 0.000000209. The van der Waals surface area contributed by atoms with Crippen molar-refractivity contribution in [1.29, 1.82) is 0 Å². The van der Waals surface area contributed by atoms with Crippen LogP contribution in [0.3, 0.4) is 0 Å². The fourth-order valence-corrected chi connectivity index (χ4v) is 2.41. The highest BCUT2D eigenvalue weighted by molar-refractivity contribution is 6.09. The summed E-state index contributed by atoms with van der Waals surface area (Å²) in [5, 5.41) is 27.6. The first-order valence-electron chi connectivity index (χ1n) is 8.81. The van der Waals surface area contributed by atoms with E-state index in [2.05, 4.69) is 0 Å². The zero-order chi connectivity index (χ0) is 20.5. The first-order valence-corrected chi connectivity index (χ1v) is 8.81. The van der Waals surface area contributed by atoms with Gasteiger partial charge in [0.1, 0.15) is 17.6 Å². The van der Waals surface area contributed by atoms with Crippen LogP contribution >= 0.6 is 0 Å². The van der Waals surface area contributed by atoms with E-state index in [-0.39, 0.29) is 23.1 Å². The molecular formula is C23H22O5. The average molecular weight is 378 g/mol. The van der Waals surface area contributed by atoms with Crippen LogP contribution in [-0.2, 0) is 4.79 Å². The Hall–Kier alpha value is -3.44. The number of aromatic hydroxyl groups is 2. The van der Waals surface area contributed by atoms with Crippen LogP contribution in [0.15, 0.2) is 78.9 Å². The van der Waals surface area contributed by atoms with Gasteiger partial charge in [-0.25, -0.2) is 0 Å². The van der Waals surface area contributed by atoms with Crippen molar-refractivity contribution in [3.8, 4) is 11.5 Å². The quantitative estimate of drug-likeness (QED) is 0.583. The van der Waals surface area contributed by atoms with E-state index in [0.717, 1.165) is 0 Å². The van der Waals surface area contributed by atoms with Gasteiger partial charge in [-0.3, -0.25) is 9.59 Å². The summed E-state index contributed by atoms with van der Waals surface area (Å²) in [6.45, 7) is 1.74. The fraction of sp³-hybridized carbons (Fsp3) is 0.130. The molecule has 0 fully saturated rings. The highest BCUT2D eigenvalue weighted by Gasteiger charge is 2.13. The lowest BCUT2D eigenvalue weighted by molar-refractivity contribution is -0.127. The van der Waals surface area contributed by atoms with E-state index in [1.54, 1.807) is 43.3 Å². The SMILES string of the molecule is CCC(=O)C(O)c1ccccc1.O=C(c1ccc(O)cc1)c1ccc(O)cc1.